The topological polar surface area (TPSA) is 147 Å². The molecule has 1 fully saturated rings. The van der Waals surface area contributed by atoms with Gasteiger partial charge in [-0.25, -0.2) is 18.5 Å². The Morgan fingerprint density at radius 1 is 0.868 bits per heavy atom. The lowest BCUT2D eigenvalue weighted by Crippen LogP contribution is -2.39. The lowest BCUT2D eigenvalue weighted by molar-refractivity contribution is -0.133. The summed E-state index contributed by atoms with van der Waals surface area (Å²) in [6.07, 6.45) is 2.15. The van der Waals surface area contributed by atoms with E-state index in [1.807, 2.05) is 36.4 Å². The second kappa shape index (κ2) is 10.8. The average Bonchev–Trinajstić information content (AvgIpc) is 3.57. The molecule has 3 aromatic carbocycles. The Kier molecular flexibility index (Phi) is 7.26. The number of nitrogens with zero attached hydrogens (tertiary/aromatic N) is 1. The van der Waals surface area contributed by atoms with E-state index in [1.54, 1.807) is 30.3 Å². The summed E-state index contributed by atoms with van der Waals surface area (Å²) in [5, 5.41) is 11.2. The van der Waals surface area contributed by atoms with E-state index >= 15 is 0 Å². The number of para-hydroxylation sites is 2. The van der Waals surface area contributed by atoms with Gasteiger partial charge in [0.25, 0.3) is 0 Å². The molecule has 0 aliphatic heterocycles. The fraction of sp³-hybridized carbons (Fsp3) is 0.250. The van der Waals surface area contributed by atoms with Crippen LogP contribution in [0.15, 0.2) is 77.7 Å². The predicted molar refractivity (Wildman–Crippen MR) is 144 cm³/mol. The van der Waals surface area contributed by atoms with Crippen molar-refractivity contribution in [1.29, 1.82) is 0 Å². The molecule has 5 N–H and O–H groups in total. The molecule has 1 aromatic heterocycles. The molecule has 9 nitrogen and oxygen atoms in total. The molecule has 0 saturated heterocycles. The Labute approximate surface area is 220 Å². The third-order valence-corrected chi connectivity index (χ3v) is 7.95. The number of imidazole rings is 1. The van der Waals surface area contributed by atoms with Crippen LogP contribution in [0.5, 0.6) is 0 Å². The number of fused-ring (bicyclic) bond motifs is 1. The van der Waals surface area contributed by atoms with Gasteiger partial charge in [-0.05, 0) is 42.2 Å². The van der Waals surface area contributed by atoms with E-state index in [1.165, 1.54) is 6.07 Å². The Morgan fingerprint density at radius 2 is 1.50 bits per heavy atom. The Morgan fingerprint density at radius 3 is 2.18 bits per heavy atom. The van der Waals surface area contributed by atoms with E-state index in [2.05, 4.69) is 20.6 Å². The first-order chi connectivity index (χ1) is 18.3. The van der Waals surface area contributed by atoms with Crippen LogP contribution in [-0.2, 0) is 32.7 Å². The maximum absolute atomic E-state index is 13.0. The number of primary sulfonamides is 1. The second-order valence-electron chi connectivity index (χ2n) is 9.52. The lowest BCUT2D eigenvalue weighted by Gasteiger charge is -2.18. The summed E-state index contributed by atoms with van der Waals surface area (Å²) in [5.74, 6) is -0.368. The zero-order valence-corrected chi connectivity index (χ0v) is 21.5. The lowest BCUT2D eigenvalue weighted by atomic mass is 9.94. The highest BCUT2D eigenvalue weighted by Gasteiger charge is 2.37. The van der Waals surface area contributed by atoms with E-state index in [0.29, 0.717) is 36.3 Å². The molecule has 2 amide bonds. The molecule has 1 saturated carbocycles. The number of rotatable bonds is 8. The van der Waals surface area contributed by atoms with E-state index in [-0.39, 0.29) is 35.1 Å². The third-order valence-electron chi connectivity index (χ3n) is 6.98. The number of hydrogen-bond donors (Lipinski definition) is 4. The molecule has 10 heteroatoms. The number of hydrogen-bond acceptors (Lipinski definition) is 5. The zero-order valence-electron chi connectivity index (χ0n) is 20.7. The number of carbonyl (C=O) groups excluding carboxylic acids is 2. The van der Waals surface area contributed by atoms with Gasteiger partial charge in [0.05, 0.1) is 22.5 Å². The van der Waals surface area contributed by atoms with E-state index < -0.39 is 10.0 Å². The van der Waals surface area contributed by atoms with Crippen LogP contribution in [0.2, 0.25) is 0 Å². The number of amides is 2. The number of H-pyrrole nitrogens is 1. The molecular formula is C28H29N5O4S. The molecule has 0 spiro atoms. The highest BCUT2D eigenvalue weighted by molar-refractivity contribution is 7.89. The van der Waals surface area contributed by atoms with Gasteiger partial charge in [-0.1, -0.05) is 61.0 Å². The van der Waals surface area contributed by atoms with Crippen LogP contribution in [0.3, 0.4) is 0 Å². The molecule has 38 heavy (non-hydrogen) atoms. The highest BCUT2D eigenvalue weighted by atomic mass is 32.2. The van der Waals surface area contributed by atoms with Gasteiger partial charge in [-0.3, -0.25) is 9.59 Å². The maximum atomic E-state index is 13.0. The average molecular weight is 532 g/mol. The van der Waals surface area contributed by atoms with E-state index in [4.69, 9.17) is 5.14 Å². The van der Waals surface area contributed by atoms with Crippen molar-refractivity contribution in [3.05, 3.63) is 84.2 Å². The minimum absolute atomic E-state index is 0.0620. The van der Waals surface area contributed by atoms with Gasteiger partial charge in [0, 0.05) is 23.9 Å². The first kappa shape index (κ1) is 25.6. The summed E-state index contributed by atoms with van der Waals surface area (Å²) >= 11 is 0. The minimum Gasteiger partial charge on any atom is -0.352 e. The molecule has 0 unspecified atom stereocenters. The van der Waals surface area contributed by atoms with Crippen LogP contribution in [0, 0.1) is 11.8 Å². The quantitative estimate of drug-likeness (QED) is 0.276. The van der Waals surface area contributed by atoms with Crippen molar-refractivity contribution in [1.82, 2.24) is 20.6 Å². The van der Waals surface area contributed by atoms with Crippen molar-refractivity contribution in [3.63, 3.8) is 0 Å². The van der Waals surface area contributed by atoms with Crippen LogP contribution in [0.1, 0.15) is 30.7 Å². The molecule has 196 valence electrons. The van der Waals surface area contributed by atoms with Crippen LogP contribution >= 0.6 is 0 Å². The van der Waals surface area contributed by atoms with Gasteiger partial charge in [0.2, 0.25) is 21.8 Å². The van der Waals surface area contributed by atoms with Crippen LogP contribution < -0.4 is 15.8 Å². The first-order valence-electron chi connectivity index (χ1n) is 12.5. The van der Waals surface area contributed by atoms with Crippen LogP contribution in [0.4, 0.5) is 0 Å². The largest absolute Gasteiger partial charge is 0.352 e. The fourth-order valence-electron chi connectivity index (χ4n) is 5.05. The van der Waals surface area contributed by atoms with Crippen LogP contribution in [0.25, 0.3) is 22.2 Å². The number of nitrogens with one attached hydrogen (secondary N) is 3. The van der Waals surface area contributed by atoms with Gasteiger partial charge in [-0.15, -0.1) is 0 Å². The van der Waals surface area contributed by atoms with Crippen LogP contribution in [-0.4, -0.2) is 30.2 Å². The highest BCUT2D eigenvalue weighted by Crippen LogP contribution is 2.32. The predicted octanol–water partition coefficient (Wildman–Crippen LogP) is 3.23. The van der Waals surface area contributed by atoms with Crippen molar-refractivity contribution in [2.75, 3.05) is 0 Å². The van der Waals surface area contributed by atoms with Crippen molar-refractivity contribution < 1.29 is 18.0 Å². The van der Waals surface area contributed by atoms with Crippen molar-refractivity contribution in [2.45, 2.75) is 37.2 Å². The van der Waals surface area contributed by atoms with Crippen molar-refractivity contribution in [3.8, 4) is 11.1 Å². The van der Waals surface area contributed by atoms with Gasteiger partial charge in [-0.2, -0.15) is 0 Å². The molecule has 0 bridgehead atoms. The van der Waals surface area contributed by atoms with Gasteiger partial charge < -0.3 is 15.6 Å². The van der Waals surface area contributed by atoms with Crippen molar-refractivity contribution >= 4 is 32.9 Å². The number of aromatic amines is 1. The van der Waals surface area contributed by atoms with E-state index in [9.17, 15) is 18.0 Å². The molecule has 1 aliphatic rings. The van der Waals surface area contributed by atoms with E-state index in [0.717, 1.165) is 23.0 Å². The number of carbonyl (C=O) groups is 2. The fourth-order valence-corrected chi connectivity index (χ4v) is 5.82. The number of benzene rings is 3. The molecule has 2 atom stereocenters. The summed E-state index contributed by atoms with van der Waals surface area (Å²) in [4.78, 5) is 33.6. The summed E-state index contributed by atoms with van der Waals surface area (Å²) in [7, 11) is -3.86. The first-order valence-corrected chi connectivity index (χ1v) is 14.0. The molecule has 1 heterocycles. The number of aromatic nitrogens is 2. The normalized spacial score (nSPS) is 17.4. The SMILES string of the molecule is NS(=O)(=O)c1ccccc1-c1ccc(CNC(=O)[C@@H]2CCC[C@H]2C(=O)NCc2nc3ccccc3[nH]2)cc1. The Bertz CT molecular complexity index is 1550. The third kappa shape index (κ3) is 5.61. The summed E-state index contributed by atoms with van der Waals surface area (Å²) in [5.41, 5.74) is 3.85. The van der Waals surface area contributed by atoms with Crippen molar-refractivity contribution in [2.24, 2.45) is 17.0 Å². The number of nitrogens with two attached hydrogens (primary N) is 1. The monoisotopic (exact) mass is 531 g/mol. The summed E-state index contributed by atoms with van der Waals surface area (Å²) in [6.45, 7) is 0.582. The van der Waals surface area contributed by atoms with Gasteiger partial charge in [0.15, 0.2) is 0 Å². The standard InChI is InChI=1S/C28H29N5O4S/c29-38(36,37)25-11-4-1-6-20(25)19-14-12-18(13-15-19)16-30-27(34)21-7-5-8-22(21)28(35)31-17-26-32-23-9-2-3-10-24(23)33-26/h1-4,6,9-15,21-22H,5,7-8,16-17H2,(H,30,34)(H,31,35)(H,32,33)(H2,29,36,37)/t21-,22-/m1/s1. The summed E-state index contributed by atoms with van der Waals surface area (Å²) < 4.78 is 23.8. The Hall–Kier alpha value is -4.02. The smallest absolute Gasteiger partial charge is 0.238 e. The molecule has 5 rings (SSSR count). The Balaban J connectivity index is 1.17. The summed E-state index contributed by atoms with van der Waals surface area (Å²) in [6, 6.07) is 21.5. The maximum Gasteiger partial charge on any atom is 0.238 e. The molecule has 0 radical (unpaired) electrons. The molecule has 4 aromatic rings. The number of sulfonamides is 1. The second-order valence-corrected chi connectivity index (χ2v) is 11.0. The minimum atomic E-state index is -3.86. The van der Waals surface area contributed by atoms with Gasteiger partial charge in [0.1, 0.15) is 5.82 Å². The molecular weight excluding hydrogens is 502 g/mol. The molecule has 1 aliphatic carbocycles. The zero-order chi connectivity index (χ0) is 26.7. The van der Waals surface area contributed by atoms with Gasteiger partial charge >= 0.3 is 0 Å².